The van der Waals surface area contributed by atoms with Crippen LogP contribution in [0, 0.1) is 11.3 Å². The van der Waals surface area contributed by atoms with Gasteiger partial charge in [0.05, 0.1) is 16.9 Å². The van der Waals surface area contributed by atoms with Gasteiger partial charge in [0.15, 0.2) is 0 Å². The van der Waals surface area contributed by atoms with Gasteiger partial charge in [-0.05, 0) is 23.3 Å². The molecular formula is C23H18N4. The van der Waals surface area contributed by atoms with Crippen molar-refractivity contribution in [2.45, 2.75) is 0 Å². The summed E-state index contributed by atoms with van der Waals surface area (Å²) in [5.74, 6) is 0.750. The van der Waals surface area contributed by atoms with Gasteiger partial charge in [-0.2, -0.15) is 5.26 Å². The number of benzene rings is 3. The number of rotatable bonds is 5. The van der Waals surface area contributed by atoms with Gasteiger partial charge in [0, 0.05) is 5.56 Å². The van der Waals surface area contributed by atoms with E-state index in [9.17, 15) is 5.26 Å². The lowest BCUT2D eigenvalue weighted by Gasteiger charge is -2.10. The molecule has 1 heterocycles. The smallest absolute Gasteiger partial charge is 0.131 e. The highest BCUT2D eigenvalue weighted by Gasteiger charge is 2.20. The summed E-state index contributed by atoms with van der Waals surface area (Å²) in [6, 6.07) is 32.0. The largest absolute Gasteiger partial charge is 0.339 e. The Morgan fingerprint density at radius 2 is 1.22 bits per heavy atom. The van der Waals surface area contributed by atoms with E-state index in [1.54, 1.807) is 0 Å². The van der Waals surface area contributed by atoms with Crippen molar-refractivity contribution in [3.05, 3.63) is 96.6 Å². The number of aromatic amines is 1. The van der Waals surface area contributed by atoms with Crippen molar-refractivity contribution >= 4 is 11.5 Å². The molecule has 0 amide bonds. The van der Waals surface area contributed by atoms with Crippen LogP contribution in [0.15, 0.2) is 91.0 Å². The van der Waals surface area contributed by atoms with Gasteiger partial charge in [0.1, 0.15) is 11.9 Å². The second kappa shape index (κ2) is 7.51. The fourth-order valence-electron chi connectivity index (χ4n) is 3.08. The molecule has 0 radical (unpaired) electrons. The van der Waals surface area contributed by atoms with Gasteiger partial charge in [0.25, 0.3) is 0 Å². The summed E-state index contributed by atoms with van der Waals surface area (Å²) in [6.07, 6.45) is 0. The highest BCUT2D eigenvalue weighted by atomic mass is 15.4. The zero-order chi connectivity index (χ0) is 18.5. The Labute approximate surface area is 158 Å². The zero-order valence-electron chi connectivity index (χ0n) is 14.6. The molecule has 4 rings (SSSR count). The van der Waals surface area contributed by atoms with Gasteiger partial charge in [-0.15, -0.1) is 0 Å². The monoisotopic (exact) mass is 350 g/mol. The first-order chi connectivity index (χ1) is 13.4. The molecule has 0 saturated carbocycles. The third-order valence-corrected chi connectivity index (χ3v) is 4.34. The van der Waals surface area contributed by atoms with Crippen LogP contribution in [0.5, 0.6) is 0 Å². The maximum absolute atomic E-state index is 9.90. The van der Waals surface area contributed by atoms with Gasteiger partial charge in [-0.1, -0.05) is 78.9 Å². The summed E-state index contributed by atoms with van der Waals surface area (Å²) in [6.45, 7) is 0. The molecule has 0 atom stereocenters. The average molecular weight is 350 g/mol. The normalized spacial score (nSPS) is 10.2. The number of nitrogens with one attached hydrogen (secondary N) is 3. The van der Waals surface area contributed by atoms with Crippen LogP contribution < -0.4 is 10.9 Å². The van der Waals surface area contributed by atoms with E-state index in [1.165, 1.54) is 0 Å². The Balaban J connectivity index is 1.81. The minimum Gasteiger partial charge on any atom is -0.339 e. The molecule has 0 unspecified atom stereocenters. The number of para-hydroxylation sites is 1. The van der Waals surface area contributed by atoms with E-state index in [2.05, 4.69) is 21.9 Å². The number of H-pyrrole nitrogens is 1. The molecule has 0 aliphatic rings. The average Bonchev–Trinajstić information content (AvgIpc) is 3.13. The number of aromatic nitrogens is 1. The van der Waals surface area contributed by atoms with Crippen LogP contribution in [0.1, 0.15) is 5.56 Å². The highest BCUT2D eigenvalue weighted by molar-refractivity contribution is 5.89. The van der Waals surface area contributed by atoms with Crippen molar-refractivity contribution in [2.75, 3.05) is 10.9 Å². The quantitative estimate of drug-likeness (QED) is 0.407. The standard InChI is InChI=1S/C23H18N4/c24-16-20-21(17-10-4-1-5-11-17)23(27-26-19-14-8-3-9-15-19)25-22(20)18-12-6-2-7-13-18/h1-15,25-27H. The minimum absolute atomic E-state index is 0.616. The fourth-order valence-corrected chi connectivity index (χ4v) is 3.08. The number of hydrogen-bond donors (Lipinski definition) is 3. The van der Waals surface area contributed by atoms with Crippen LogP contribution >= 0.6 is 0 Å². The van der Waals surface area contributed by atoms with Crippen molar-refractivity contribution in [3.8, 4) is 28.5 Å². The number of nitriles is 1. The molecule has 3 aromatic carbocycles. The van der Waals surface area contributed by atoms with E-state index < -0.39 is 0 Å². The van der Waals surface area contributed by atoms with Crippen LogP contribution in [0.25, 0.3) is 22.4 Å². The topological polar surface area (TPSA) is 63.6 Å². The van der Waals surface area contributed by atoms with E-state index in [0.717, 1.165) is 33.9 Å². The SMILES string of the molecule is N#Cc1c(-c2ccccc2)[nH]c(NNc2ccccc2)c1-c1ccccc1. The number of nitrogens with zero attached hydrogens (tertiary/aromatic N) is 1. The van der Waals surface area contributed by atoms with Crippen molar-refractivity contribution in [1.29, 1.82) is 5.26 Å². The Kier molecular flexibility index (Phi) is 4.59. The Hall–Kier alpha value is -3.97. The zero-order valence-corrected chi connectivity index (χ0v) is 14.6. The van der Waals surface area contributed by atoms with Crippen molar-refractivity contribution in [2.24, 2.45) is 0 Å². The molecule has 130 valence electrons. The summed E-state index contributed by atoms with van der Waals surface area (Å²) in [5.41, 5.74) is 11.6. The van der Waals surface area contributed by atoms with Crippen molar-refractivity contribution in [1.82, 2.24) is 4.98 Å². The molecule has 0 spiro atoms. The summed E-state index contributed by atoms with van der Waals surface area (Å²) in [5, 5.41) is 9.90. The summed E-state index contributed by atoms with van der Waals surface area (Å²) >= 11 is 0. The second-order valence-corrected chi connectivity index (χ2v) is 6.08. The molecule has 0 aliphatic heterocycles. The molecule has 4 aromatic rings. The van der Waals surface area contributed by atoms with Crippen molar-refractivity contribution < 1.29 is 0 Å². The Bertz CT molecular complexity index is 1060. The summed E-state index contributed by atoms with van der Waals surface area (Å²) < 4.78 is 0. The van der Waals surface area contributed by atoms with E-state index >= 15 is 0 Å². The molecule has 0 bridgehead atoms. The third-order valence-electron chi connectivity index (χ3n) is 4.34. The number of hydrazine groups is 1. The first-order valence-corrected chi connectivity index (χ1v) is 8.71. The van der Waals surface area contributed by atoms with Crippen LogP contribution in [-0.4, -0.2) is 4.98 Å². The lowest BCUT2D eigenvalue weighted by Crippen LogP contribution is -2.09. The molecule has 0 saturated heterocycles. The van der Waals surface area contributed by atoms with Gasteiger partial charge >= 0.3 is 0 Å². The first kappa shape index (κ1) is 16.5. The molecule has 0 aliphatic carbocycles. The predicted octanol–water partition coefficient (Wildman–Crippen LogP) is 5.66. The summed E-state index contributed by atoms with van der Waals surface area (Å²) in [7, 11) is 0. The summed E-state index contributed by atoms with van der Waals surface area (Å²) in [4.78, 5) is 3.39. The number of hydrogen-bond acceptors (Lipinski definition) is 3. The molecule has 1 aromatic heterocycles. The van der Waals surface area contributed by atoms with Gasteiger partial charge < -0.3 is 4.98 Å². The highest BCUT2D eigenvalue weighted by Crippen LogP contribution is 2.37. The lowest BCUT2D eigenvalue weighted by atomic mass is 10.0. The maximum Gasteiger partial charge on any atom is 0.131 e. The second-order valence-electron chi connectivity index (χ2n) is 6.08. The van der Waals surface area contributed by atoms with E-state index in [-0.39, 0.29) is 0 Å². The van der Waals surface area contributed by atoms with Crippen LogP contribution in [0.4, 0.5) is 11.5 Å². The van der Waals surface area contributed by atoms with Gasteiger partial charge in [-0.25, -0.2) is 0 Å². The maximum atomic E-state index is 9.90. The van der Waals surface area contributed by atoms with Crippen LogP contribution in [0.3, 0.4) is 0 Å². The Morgan fingerprint density at radius 3 is 1.81 bits per heavy atom. The van der Waals surface area contributed by atoms with E-state index in [0.29, 0.717) is 5.56 Å². The first-order valence-electron chi connectivity index (χ1n) is 8.71. The number of anilines is 2. The molecule has 4 nitrogen and oxygen atoms in total. The minimum atomic E-state index is 0.616. The van der Waals surface area contributed by atoms with Gasteiger partial charge in [0.2, 0.25) is 0 Å². The molecule has 27 heavy (non-hydrogen) atoms. The Morgan fingerprint density at radius 1 is 0.667 bits per heavy atom. The van der Waals surface area contributed by atoms with Crippen molar-refractivity contribution in [3.63, 3.8) is 0 Å². The third kappa shape index (κ3) is 3.39. The van der Waals surface area contributed by atoms with E-state index in [4.69, 9.17) is 0 Å². The lowest BCUT2D eigenvalue weighted by molar-refractivity contribution is 1.31. The molecule has 0 fully saturated rings. The van der Waals surface area contributed by atoms with E-state index in [1.807, 2.05) is 91.0 Å². The van der Waals surface area contributed by atoms with Gasteiger partial charge in [-0.3, -0.25) is 10.9 Å². The molecule has 3 N–H and O–H groups in total. The van der Waals surface area contributed by atoms with Crippen LogP contribution in [-0.2, 0) is 0 Å². The fraction of sp³-hybridized carbons (Fsp3) is 0. The predicted molar refractivity (Wildman–Crippen MR) is 110 cm³/mol. The van der Waals surface area contributed by atoms with Crippen LogP contribution in [0.2, 0.25) is 0 Å². The molecular weight excluding hydrogens is 332 g/mol. The molecule has 4 heteroatoms.